The normalized spacial score (nSPS) is 10.9. The molecule has 6 heteroatoms. The highest BCUT2D eigenvalue weighted by atomic mass is 35.5. The third kappa shape index (κ3) is 1.99. The molecule has 0 saturated heterocycles. The van der Waals surface area contributed by atoms with Gasteiger partial charge in [-0.25, -0.2) is 4.98 Å². The maximum atomic E-state index is 6.29. The van der Waals surface area contributed by atoms with Gasteiger partial charge in [-0.05, 0) is 42.9 Å². The summed E-state index contributed by atoms with van der Waals surface area (Å²) in [6.07, 6.45) is 1.75. The first-order chi connectivity index (χ1) is 9.61. The van der Waals surface area contributed by atoms with Crippen LogP contribution in [0.2, 0.25) is 5.02 Å². The fourth-order valence-electron chi connectivity index (χ4n) is 2.14. The summed E-state index contributed by atoms with van der Waals surface area (Å²) in [5.74, 6) is 0.716. The quantitative estimate of drug-likeness (QED) is 0.726. The van der Waals surface area contributed by atoms with Gasteiger partial charge in [-0.3, -0.25) is 4.57 Å². The van der Waals surface area contributed by atoms with Gasteiger partial charge in [0.2, 0.25) is 0 Å². The number of rotatable bonds is 2. The fourth-order valence-corrected chi connectivity index (χ4v) is 2.63. The average Bonchev–Trinajstić information content (AvgIpc) is 2.77. The van der Waals surface area contributed by atoms with Crippen LogP contribution in [-0.2, 0) is 0 Å². The molecule has 1 aromatic carbocycles. The molecular weight excluding hydrogens is 294 g/mol. The zero-order valence-corrected chi connectivity index (χ0v) is 12.5. The van der Waals surface area contributed by atoms with Crippen LogP contribution in [0.1, 0.15) is 5.56 Å². The Morgan fingerprint density at radius 3 is 2.90 bits per heavy atom. The maximum Gasteiger partial charge on any atom is 0.184 e. The number of hydrogen-bond donors (Lipinski definition) is 1. The maximum absolute atomic E-state index is 6.29. The first kappa shape index (κ1) is 13.1. The monoisotopic (exact) mass is 305 g/mol. The Bertz CT molecular complexity index is 853. The van der Waals surface area contributed by atoms with Crippen molar-refractivity contribution in [2.45, 2.75) is 6.92 Å². The zero-order chi connectivity index (χ0) is 14.3. The number of pyridine rings is 1. The molecule has 0 atom stereocenters. The number of aryl methyl sites for hydroxylation is 1. The van der Waals surface area contributed by atoms with Crippen molar-refractivity contribution in [1.29, 1.82) is 0 Å². The molecule has 0 aliphatic heterocycles. The summed E-state index contributed by atoms with van der Waals surface area (Å²) in [6, 6.07) is 7.37. The van der Waals surface area contributed by atoms with E-state index in [9.17, 15) is 0 Å². The third-order valence-corrected chi connectivity index (χ3v) is 3.78. The van der Waals surface area contributed by atoms with E-state index in [1.165, 1.54) is 0 Å². The van der Waals surface area contributed by atoms with Crippen molar-refractivity contribution in [3.63, 3.8) is 0 Å². The van der Waals surface area contributed by atoms with Crippen molar-refractivity contribution < 1.29 is 4.74 Å². The molecule has 0 radical (unpaired) electrons. The third-order valence-electron chi connectivity index (χ3n) is 3.18. The lowest BCUT2D eigenvalue weighted by atomic mass is 10.2. The second-order valence-electron chi connectivity index (χ2n) is 4.41. The SMILES string of the molecule is COc1ccc(Cl)c(-n2c(=S)[nH]c3c(C)ccnc32)c1. The minimum atomic E-state index is 0.553. The highest BCUT2D eigenvalue weighted by molar-refractivity contribution is 7.71. The summed E-state index contributed by atoms with van der Waals surface area (Å²) in [5, 5.41) is 0.589. The second kappa shape index (κ2) is 4.92. The molecule has 2 heterocycles. The number of nitrogens with one attached hydrogen (secondary N) is 1. The van der Waals surface area contributed by atoms with E-state index < -0.39 is 0 Å². The van der Waals surface area contributed by atoms with Crippen molar-refractivity contribution in [1.82, 2.24) is 14.5 Å². The van der Waals surface area contributed by atoms with Crippen LogP contribution in [-0.4, -0.2) is 21.6 Å². The van der Waals surface area contributed by atoms with Gasteiger partial charge in [-0.15, -0.1) is 0 Å². The topological polar surface area (TPSA) is 42.8 Å². The van der Waals surface area contributed by atoms with Crippen LogP contribution >= 0.6 is 23.8 Å². The van der Waals surface area contributed by atoms with Gasteiger partial charge in [-0.1, -0.05) is 11.6 Å². The lowest BCUT2D eigenvalue weighted by Crippen LogP contribution is -1.97. The highest BCUT2D eigenvalue weighted by Crippen LogP contribution is 2.28. The number of ether oxygens (including phenoxy) is 1. The summed E-state index contributed by atoms with van der Waals surface area (Å²) >= 11 is 11.7. The van der Waals surface area contributed by atoms with Crippen LogP contribution in [0.15, 0.2) is 30.5 Å². The van der Waals surface area contributed by atoms with Crippen molar-refractivity contribution in [2.24, 2.45) is 0 Å². The smallest absolute Gasteiger partial charge is 0.184 e. The molecule has 0 bridgehead atoms. The predicted octanol–water partition coefficient (Wildman–Crippen LogP) is 4.05. The van der Waals surface area contributed by atoms with Gasteiger partial charge >= 0.3 is 0 Å². The van der Waals surface area contributed by atoms with Crippen LogP contribution in [0.5, 0.6) is 5.75 Å². The molecule has 3 rings (SSSR count). The van der Waals surface area contributed by atoms with Crippen LogP contribution in [0.3, 0.4) is 0 Å². The van der Waals surface area contributed by atoms with E-state index in [4.69, 9.17) is 28.6 Å². The van der Waals surface area contributed by atoms with E-state index in [1.807, 2.05) is 29.7 Å². The summed E-state index contributed by atoms with van der Waals surface area (Å²) in [5.41, 5.74) is 3.50. The number of methoxy groups -OCH3 is 1. The number of nitrogens with zero attached hydrogens (tertiary/aromatic N) is 2. The van der Waals surface area contributed by atoms with Gasteiger partial charge in [0, 0.05) is 12.3 Å². The van der Waals surface area contributed by atoms with E-state index >= 15 is 0 Å². The molecule has 2 aromatic heterocycles. The standard InChI is InChI=1S/C14H12ClN3OS/c1-8-5-6-16-13-12(8)17-14(20)18(13)11-7-9(19-2)3-4-10(11)15/h3-7H,1-2H3,(H,17,20). The molecule has 4 nitrogen and oxygen atoms in total. The Morgan fingerprint density at radius 2 is 2.15 bits per heavy atom. The molecule has 0 spiro atoms. The first-order valence-corrected chi connectivity index (χ1v) is 6.80. The summed E-state index contributed by atoms with van der Waals surface area (Å²) in [6.45, 7) is 2.01. The lowest BCUT2D eigenvalue weighted by molar-refractivity contribution is 0.414. The van der Waals surface area contributed by atoms with Gasteiger partial charge in [0.25, 0.3) is 0 Å². The Labute approximate surface area is 126 Å². The molecule has 0 saturated carbocycles. The summed E-state index contributed by atoms with van der Waals surface area (Å²) in [7, 11) is 1.61. The van der Waals surface area contributed by atoms with E-state index in [1.54, 1.807) is 19.4 Å². The predicted molar refractivity (Wildman–Crippen MR) is 82.6 cm³/mol. The molecule has 0 unspecified atom stereocenters. The number of fused-ring (bicyclic) bond motifs is 1. The molecule has 3 aromatic rings. The van der Waals surface area contributed by atoms with Gasteiger partial charge in [0.15, 0.2) is 10.4 Å². The Hall–Kier alpha value is -1.85. The fraction of sp³-hybridized carbons (Fsp3) is 0.143. The van der Waals surface area contributed by atoms with E-state index in [2.05, 4.69) is 9.97 Å². The molecular formula is C14H12ClN3OS. The van der Waals surface area contributed by atoms with E-state index in [0.717, 1.165) is 22.4 Å². The molecule has 0 amide bonds. The number of imidazole rings is 1. The molecule has 0 aliphatic rings. The second-order valence-corrected chi connectivity index (χ2v) is 5.20. The Balaban J connectivity index is 2.38. The zero-order valence-electron chi connectivity index (χ0n) is 11.0. The van der Waals surface area contributed by atoms with Crippen molar-refractivity contribution in [2.75, 3.05) is 7.11 Å². The average molecular weight is 306 g/mol. The summed E-state index contributed by atoms with van der Waals surface area (Å²) in [4.78, 5) is 7.58. The molecule has 102 valence electrons. The number of H-pyrrole nitrogens is 1. The van der Waals surface area contributed by atoms with Crippen LogP contribution in [0.25, 0.3) is 16.9 Å². The first-order valence-electron chi connectivity index (χ1n) is 6.02. The van der Waals surface area contributed by atoms with Crippen LogP contribution < -0.4 is 4.74 Å². The van der Waals surface area contributed by atoms with Gasteiger partial charge in [-0.2, -0.15) is 0 Å². The number of halogens is 1. The number of aromatic nitrogens is 3. The van der Waals surface area contributed by atoms with Crippen molar-refractivity contribution in [3.05, 3.63) is 45.8 Å². The number of aromatic amines is 1. The Morgan fingerprint density at radius 1 is 1.35 bits per heavy atom. The molecule has 0 aliphatic carbocycles. The number of hydrogen-bond acceptors (Lipinski definition) is 3. The molecule has 20 heavy (non-hydrogen) atoms. The van der Waals surface area contributed by atoms with Crippen molar-refractivity contribution in [3.8, 4) is 11.4 Å². The van der Waals surface area contributed by atoms with Crippen LogP contribution in [0.4, 0.5) is 0 Å². The lowest BCUT2D eigenvalue weighted by Gasteiger charge is -2.08. The molecule has 0 fully saturated rings. The van der Waals surface area contributed by atoms with E-state index in [-0.39, 0.29) is 0 Å². The van der Waals surface area contributed by atoms with Crippen LogP contribution in [0, 0.1) is 11.7 Å². The molecule has 1 N–H and O–H groups in total. The largest absolute Gasteiger partial charge is 0.497 e. The van der Waals surface area contributed by atoms with Gasteiger partial charge in [0.05, 0.1) is 23.3 Å². The van der Waals surface area contributed by atoms with E-state index in [0.29, 0.717) is 15.5 Å². The summed E-state index contributed by atoms with van der Waals surface area (Å²) < 4.78 is 7.62. The highest BCUT2D eigenvalue weighted by Gasteiger charge is 2.13. The van der Waals surface area contributed by atoms with Gasteiger partial charge in [0.1, 0.15) is 5.75 Å². The minimum absolute atomic E-state index is 0.553. The van der Waals surface area contributed by atoms with Gasteiger partial charge < -0.3 is 9.72 Å². The van der Waals surface area contributed by atoms with Crippen molar-refractivity contribution >= 4 is 35.0 Å². The Kier molecular flexibility index (Phi) is 3.23. The minimum Gasteiger partial charge on any atom is -0.497 e. The number of benzene rings is 1.